The first kappa shape index (κ1) is 22.8. The van der Waals surface area contributed by atoms with Crippen LogP contribution in [0.3, 0.4) is 0 Å². The summed E-state index contributed by atoms with van der Waals surface area (Å²) in [6, 6.07) is 13.1. The molecule has 10 heteroatoms. The predicted octanol–water partition coefficient (Wildman–Crippen LogP) is 3.04. The minimum atomic E-state index is -3.97. The number of rotatable bonds is 7. The topological polar surface area (TPSA) is 105 Å². The zero-order valence-electron chi connectivity index (χ0n) is 17.4. The van der Waals surface area contributed by atoms with Gasteiger partial charge >= 0.3 is 0 Å². The van der Waals surface area contributed by atoms with E-state index in [1.807, 2.05) is 6.92 Å². The fraction of sp³-hybridized carbons (Fsp3) is 0.286. The van der Waals surface area contributed by atoms with Gasteiger partial charge in [-0.1, -0.05) is 29.5 Å². The van der Waals surface area contributed by atoms with Crippen LogP contribution in [0.2, 0.25) is 0 Å². The third kappa shape index (κ3) is 5.45. The molecule has 1 heterocycles. The Labute approximate surface area is 185 Å². The van der Waals surface area contributed by atoms with E-state index in [1.165, 1.54) is 17.0 Å². The first-order valence-electron chi connectivity index (χ1n) is 9.57. The van der Waals surface area contributed by atoms with Gasteiger partial charge in [0.1, 0.15) is 11.0 Å². The van der Waals surface area contributed by atoms with E-state index in [9.17, 15) is 18.0 Å². The Kier molecular flexibility index (Phi) is 7.01. The molecule has 0 radical (unpaired) electrons. The molecule has 1 unspecified atom stereocenters. The normalized spacial score (nSPS) is 17.8. The van der Waals surface area contributed by atoms with E-state index in [2.05, 4.69) is 9.71 Å². The maximum absolute atomic E-state index is 12.7. The largest absolute Gasteiger partial charge is 0.497 e. The molecule has 1 saturated heterocycles. The van der Waals surface area contributed by atoms with Crippen molar-refractivity contribution >= 4 is 44.5 Å². The molecular formula is C21H23N3O5S2. The third-order valence-electron chi connectivity index (χ3n) is 4.60. The Balaban J connectivity index is 1.73. The van der Waals surface area contributed by atoms with Gasteiger partial charge in [0.15, 0.2) is 5.17 Å². The molecule has 1 atom stereocenters. The second kappa shape index (κ2) is 9.52. The van der Waals surface area contributed by atoms with Crippen LogP contribution in [-0.4, -0.2) is 49.2 Å². The summed E-state index contributed by atoms with van der Waals surface area (Å²) in [6.45, 7) is 3.84. The van der Waals surface area contributed by atoms with Crippen molar-refractivity contribution in [3.8, 4) is 5.75 Å². The number of amidine groups is 1. The summed E-state index contributed by atoms with van der Waals surface area (Å²) in [5.74, 6) is -0.0290. The summed E-state index contributed by atoms with van der Waals surface area (Å²) in [6.07, 6.45) is -0.102. The lowest BCUT2D eigenvalue weighted by atomic mass is 10.2. The van der Waals surface area contributed by atoms with Crippen LogP contribution in [0.15, 0.2) is 57.8 Å². The standard InChI is InChI=1S/C21H23N3O5S2/c1-4-24-20(26)18(13-19(25)22-15-7-9-16(29-3)10-8-15)30-21(24)23-31(27,28)17-11-5-14(2)6-12-17/h5-12,18H,4,13H2,1-3H3,(H,22,25). The van der Waals surface area contributed by atoms with Gasteiger partial charge in [-0.3, -0.25) is 14.5 Å². The van der Waals surface area contributed by atoms with Crippen LogP contribution in [0.25, 0.3) is 0 Å². The van der Waals surface area contributed by atoms with Crippen molar-refractivity contribution in [1.82, 2.24) is 4.90 Å². The summed E-state index contributed by atoms with van der Waals surface area (Å²) < 4.78 is 34.3. The number of nitrogens with zero attached hydrogens (tertiary/aromatic N) is 2. The van der Waals surface area contributed by atoms with Gasteiger partial charge in [-0.15, -0.1) is 4.40 Å². The summed E-state index contributed by atoms with van der Waals surface area (Å²) in [5, 5.41) is 2.06. The fourth-order valence-electron chi connectivity index (χ4n) is 2.92. The highest BCUT2D eigenvalue weighted by molar-refractivity contribution is 8.16. The molecule has 2 aromatic rings. The number of benzene rings is 2. The van der Waals surface area contributed by atoms with Crippen LogP contribution in [0.5, 0.6) is 5.75 Å². The molecule has 31 heavy (non-hydrogen) atoms. The van der Waals surface area contributed by atoms with Crippen LogP contribution >= 0.6 is 11.8 Å². The molecule has 2 amide bonds. The average molecular weight is 462 g/mol. The highest BCUT2D eigenvalue weighted by Gasteiger charge is 2.39. The van der Waals surface area contributed by atoms with Crippen LogP contribution in [0.4, 0.5) is 5.69 Å². The zero-order chi connectivity index (χ0) is 22.6. The average Bonchev–Trinajstić information content (AvgIpc) is 3.02. The van der Waals surface area contributed by atoms with Crippen molar-refractivity contribution in [2.75, 3.05) is 19.0 Å². The van der Waals surface area contributed by atoms with Gasteiger partial charge in [-0.2, -0.15) is 8.42 Å². The van der Waals surface area contributed by atoms with E-state index in [1.54, 1.807) is 50.4 Å². The Morgan fingerprint density at radius 1 is 1.16 bits per heavy atom. The van der Waals surface area contributed by atoms with Gasteiger partial charge < -0.3 is 10.1 Å². The van der Waals surface area contributed by atoms with Gasteiger partial charge in [-0.05, 0) is 50.2 Å². The van der Waals surface area contributed by atoms with E-state index in [-0.39, 0.29) is 34.8 Å². The van der Waals surface area contributed by atoms with Crippen LogP contribution in [-0.2, 0) is 19.6 Å². The molecule has 2 aromatic carbocycles. The van der Waals surface area contributed by atoms with E-state index in [4.69, 9.17) is 4.74 Å². The molecule has 0 aromatic heterocycles. The van der Waals surface area contributed by atoms with Crippen LogP contribution in [0, 0.1) is 6.92 Å². The molecule has 8 nitrogen and oxygen atoms in total. The maximum Gasteiger partial charge on any atom is 0.284 e. The number of ether oxygens (including phenoxy) is 1. The molecule has 1 fully saturated rings. The number of carbonyl (C=O) groups is 2. The minimum Gasteiger partial charge on any atom is -0.497 e. The first-order valence-corrected chi connectivity index (χ1v) is 11.9. The number of hydrogen-bond acceptors (Lipinski definition) is 6. The van der Waals surface area contributed by atoms with Crippen molar-refractivity contribution in [2.45, 2.75) is 30.4 Å². The molecule has 164 valence electrons. The number of aryl methyl sites for hydroxylation is 1. The van der Waals surface area contributed by atoms with Crippen molar-refractivity contribution in [3.05, 3.63) is 54.1 Å². The summed E-state index contributed by atoms with van der Waals surface area (Å²) in [7, 11) is -2.42. The van der Waals surface area contributed by atoms with E-state index < -0.39 is 15.3 Å². The lowest BCUT2D eigenvalue weighted by Crippen LogP contribution is -2.33. The highest BCUT2D eigenvalue weighted by atomic mass is 32.2. The van der Waals surface area contributed by atoms with Crippen molar-refractivity contribution in [3.63, 3.8) is 0 Å². The number of carbonyl (C=O) groups excluding carboxylic acids is 2. The van der Waals surface area contributed by atoms with Crippen LogP contribution < -0.4 is 10.1 Å². The lowest BCUT2D eigenvalue weighted by molar-refractivity contribution is -0.128. The molecular weight excluding hydrogens is 438 g/mol. The fourth-order valence-corrected chi connectivity index (χ4v) is 5.34. The Morgan fingerprint density at radius 3 is 2.39 bits per heavy atom. The molecule has 0 aliphatic carbocycles. The van der Waals surface area contributed by atoms with Gasteiger partial charge in [0.05, 0.1) is 12.0 Å². The Bertz CT molecular complexity index is 1100. The molecule has 3 rings (SSSR count). The Morgan fingerprint density at radius 2 is 1.81 bits per heavy atom. The van der Waals surface area contributed by atoms with Gasteiger partial charge in [-0.25, -0.2) is 0 Å². The number of anilines is 1. The third-order valence-corrected chi connectivity index (χ3v) is 7.17. The SMILES string of the molecule is CCN1C(=O)C(CC(=O)Nc2ccc(OC)cc2)SC1=NS(=O)(=O)c1ccc(C)cc1. The summed E-state index contributed by atoms with van der Waals surface area (Å²) in [4.78, 5) is 26.5. The monoisotopic (exact) mass is 461 g/mol. The molecule has 1 aliphatic heterocycles. The van der Waals surface area contributed by atoms with E-state index in [0.29, 0.717) is 11.4 Å². The molecule has 0 bridgehead atoms. The van der Waals surface area contributed by atoms with Crippen LogP contribution in [0.1, 0.15) is 18.9 Å². The second-order valence-electron chi connectivity index (χ2n) is 6.83. The number of nitrogens with one attached hydrogen (secondary N) is 1. The molecule has 0 spiro atoms. The number of amides is 2. The van der Waals surface area contributed by atoms with E-state index in [0.717, 1.165) is 17.3 Å². The lowest BCUT2D eigenvalue weighted by Gasteiger charge is -2.13. The Hall–Kier alpha value is -2.85. The van der Waals surface area contributed by atoms with E-state index >= 15 is 0 Å². The summed E-state index contributed by atoms with van der Waals surface area (Å²) in [5.41, 5.74) is 1.50. The maximum atomic E-state index is 12.7. The van der Waals surface area contributed by atoms with Crippen molar-refractivity contribution < 1.29 is 22.7 Å². The minimum absolute atomic E-state index is 0.0513. The smallest absolute Gasteiger partial charge is 0.284 e. The highest BCUT2D eigenvalue weighted by Crippen LogP contribution is 2.31. The zero-order valence-corrected chi connectivity index (χ0v) is 19.0. The quantitative estimate of drug-likeness (QED) is 0.680. The second-order valence-corrected chi connectivity index (χ2v) is 9.61. The number of thioether (sulfide) groups is 1. The van der Waals surface area contributed by atoms with Gasteiger partial charge in [0, 0.05) is 18.7 Å². The van der Waals surface area contributed by atoms with Crippen molar-refractivity contribution in [2.24, 2.45) is 4.40 Å². The number of sulfonamides is 1. The predicted molar refractivity (Wildman–Crippen MR) is 121 cm³/mol. The number of methoxy groups -OCH3 is 1. The van der Waals surface area contributed by atoms with Crippen molar-refractivity contribution in [1.29, 1.82) is 0 Å². The van der Waals surface area contributed by atoms with Gasteiger partial charge in [0.25, 0.3) is 10.0 Å². The van der Waals surface area contributed by atoms with Gasteiger partial charge in [0.2, 0.25) is 11.8 Å². The summed E-state index contributed by atoms with van der Waals surface area (Å²) >= 11 is 0.987. The molecule has 1 N–H and O–H groups in total. The first-order chi connectivity index (χ1) is 14.7. The molecule has 0 saturated carbocycles. The molecule has 1 aliphatic rings. The number of hydrogen-bond donors (Lipinski definition) is 1.